The summed E-state index contributed by atoms with van der Waals surface area (Å²) in [5.74, 6) is 0.863. The van der Waals surface area contributed by atoms with Crippen molar-refractivity contribution in [3.63, 3.8) is 0 Å². The maximum atomic E-state index is 12.9. The lowest BCUT2D eigenvalue weighted by molar-refractivity contribution is 0.0600. The van der Waals surface area contributed by atoms with Crippen LogP contribution in [0, 0.1) is 5.92 Å². The molecule has 2 aromatic carbocycles. The van der Waals surface area contributed by atoms with Crippen LogP contribution in [0.2, 0.25) is 0 Å². The number of esters is 1. The zero-order valence-corrected chi connectivity index (χ0v) is 19.2. The molecular formula is C26H33NO4. The van der Waals surface area contributed by atoms with Gasteiger partial charge in [-0.1, -0.05) is 12.1 Å². The molecule has 31 heavy (non-hydrogen) atoms. The lowest BCUT2D eigenvalue weighted by Gasteiger charge is -2.46. The molecule has 1 saturated heterocycles. The number of carbonyl (C=O) groups excluding carboxylic acids is 2. The van der Waals surface area contributed by atoms with Gasteiger partial charge in [-0.2, -0.15) is 0 Å². The normalized spacial score (nSPS) is 17.7. The predicted octanol–water partition coefficient (Wildman–Crippen LogP) is 5.18. The monoisotopic (exact) mass is 423 g/mol. The second kappa shape index (κ2) is 9.23. The van der Waals surface area contributed by atoms with Gasteiger partial charge >= 0.3 is 5.97 Å². The van der Waals surface area contributed by atoms with E-state index in [0.29, 0.717) is 35.8 Å². The molecule has 0 bridgehead atoms. The summed E-state index contributed by atoms with van der Waals surface area (Å²) in [4.78, 5) is 24.5. The molecule has 2 aromatic rings. The first kappa shape index (κ1) is 23.0. The van der Waals surface area contributed by atoms with Crippen molar-refractivity contribution in [1.29, 1.82) is 0 Å². The van der Waals surface area contributed by atoms with Gasteiger partial charge in [0.05, 0.1) is 12.7 Å². The summed E-state index contributed by atoms with van der Waals surface area (Å²) in [7, 11) is 1.36. The fourth-order valence-corrected chi connectivity index (χ4v) is 4.87. The number of nitrogens with one attached hydrogen (secondary N) is 1. The summed E-state index contributed by atoms with van der Waals surface area (Å²) >= 11 is 0. The first-order chi connectivity index (χ1) is 14.6. The van der Waals surface area contributed by atoms with Crippen molar-refractivity contribution in [3.8, 4) is 5.75 Å². The van der Waals surface area contributed by atoms with Crippen LogP contribution in [0.3, 0.4) is 0 Å². The Balaban J connectivity index is 1.57. The topological polar surface area (TPSA) is 64.6 Å². The predicted molar refractivity (Wildman–Crippen MR) is 122 cm³/mol. The van der Waals surface area contributed by atoms with Gasteiger partial charge < -0.3 is 14.8 Å². The highest BCUT2D eigenvalue weighted by molar-refractivity contribution is 5.96. The Morgan fingerprint density at radius 3 is 2.23 bits per heavy atom. The Kier molecular flexibility index (Phi) is 6.85. The van der Waals surface area contributed by atoms with Crippen LogP contribution < -0.4 is 10.1 Å². The Morgan fingerprint density at radius 2 is 1.61 bits per heavy atom. The molecule has 1 heterocycles. The van der Waals surface area contributed by atoms with Crippen molar-refractivity contribution in [2.45, 2.75) is 64.6 Å². The number of ether oxygens (including phenoxy) is 2. The number of ketones is 1. The summed E-state index contributed by atoms with van der Waals surface area (Å²) in [6, 6.07) is 14.5. The minimum Gasteiger partial charge on any atom is -0.489 e. The summed E-state index contributed by atoms with van der Waals surface area (Å²) < 4.78 is 10.6. The van der Waals surface area contributed by atoms with Crippen molar-refractivity contribution in [3.05, 3.63) is 65.2 Å². The molecule has 0 radical (unpaired) electrons. The molecule has 0 spiro atoms. The maximum absolute atomic E-state index is 12.9. The number of hydrogen-bond donors (Lipinski definition) is 1. The van der Waals surface area contributed by atoms with E-state index >= 15 is 0 Å². The number of piperidine rings is 1. The minimum atomic E-state index is -0.370. The first-order valence-electron chi connectivity index (χ1n) is 10.8. The van der Waals surface area contributed by atoms with Crippen molar-refractivity contribution in [1.82, 2.24) is 5.32 Å². The van der Waals surface area contributed by atoms with Gasteiger partial charge in [0, 0.05) is 23.1 Å². The van der Waals surface area contributed by atoms with E-state index < -0.39 is 0 Å². The molecule has 3 rings (SSSR count). The van der Waals surface area contributed by atoms with Gasteiger partial charge in [0.1, 0.15) is 12.4 Å². The van der Waals surface area contributed by atoms with E-state index in [2.05, 4.69) is 33.0 Å². The second-order valence-corrected chi connectivity index (χ2v) is 9.80. The van der Waals surface area contributed by atoms with Crippen molar-refractivity contribution < 1.29 is 19.1 Å². The lowest BCUT2D eigenvalue weighted by Crippen LogP contribution is -2.57. The molecule has 1 fully saturated rings. The summed E-state index contributed by atoms with van der Waals surface area (Å²) in [5.41, 5.74) is 2.16. The molecule has 1 N–H and O–H groups in total. The highest BCUT2D eigenvalue weighted by Crippen LogP contribution is 2.35. The van der Waals surface area contributed by atoms with Crippen LogP contribution in [0.1, 0.15) is 73.2 Å². The molecule has 0 amide bonds. The Hall–Kier alpha value is -2.66. The Labute approximate surface area is 185 Å². The van der Waals surface area contributed by atoms with Crippen molar-refractivity contribution >= 4 is 11.8 Å². The average molecular weight is 424 g/mol. The van der Waals surface area contributed by atoms with Crippen LogP contribution in [-0.2, 0) is 11.3 Å². The molecule has 166 valence electrons. The van der Waals surface area contributed by atoms with Crippen molar-refractivity contribution in [2.75, 3.05) is 7.11 Å². The third-order valence-corrected chi connectivity index (χ3v) is 5.68. The zero-order valence-electron chi connectivity index (χ0n) is 19.2. The van der Waals surface area contributed by atoms with Gasteiger partial charge in [-0.15, -0.1) is 0 Å². The van der Waals surface area contributed by atoms with Crippen molar-refractivity contribution in [2.24, 2.45) is 5.92 Å². The van der Waals surface area contributed by atoms with Crippen LogP contribution in [0.15, 0.2) is 48.5 Å². The van der Waals surface area contributed by atoms with Crippen LogP contribution >= 0.6 is 0 Å². The molecule has 1 aliphatic rings. The molecule has 0 unspecified atom stereocenters. The quantitative estimate of drug-likeness (QED) is 0.491. The highest BCUT2D eigenvalue weighted by atomic mass is 16.5. The van der Waals surface area contributed by atoms with E-state index in [4.69, 9.17) is 9.47 Å². The van der Waals surface area contributed by atoms with E-state index in [1.807, 2.05) is 30.3 Å². The Bertz CT molecular complexity index is 915. The van der Waals surface area contributed by atoms with Crippen LogP contribution in [0.5, 0.6) is 5.75 Å². The van der Waals surface area contributed by atoms with E-state index in [1.54, 1.807) is 18.2 Å². The summed E-state index contributed by atoms with van der Waals surface area (Å²) in [5, 5.41) is 3.67. The number of methoxy groups -OCH3 is 1. The number of Topliss-reactive ketones (excluding diaryl/α,β-unsaturated/α-hetero) is 1. The van der Waals surface area contributed by atoms with Gasteiger partial charge in [-0.3, -0.25) is 4.79 Å². The smallest absolute Gasteiger partial charge is 0.337 e. The van der Waals surface area contributed by atoms with E-state index in [-0.39, 0.29) is 22.8 Å². The SMILES string of the molecule is COC(=O)c1cccc(COc2ccc(C(=O)CC3CC(C)(C)NC(C)(C)C3)cc2)c1. The van der Waals surface area contributed by atoms with Crippen LogP contribution in [0.25, 0.3) is 0 Å². The van der Waals surface area contributed by atoms with E-state index in [0.717, 1.165) is 18.4 Å². The molecule has 1 aliphatic heterocycles. The average Bonchev–Trinajstić information content (AvgIpc) is 2.70. The van der Waals surface area contributed by atoms with Gasteiger partial charge in [-0.25, -0.2) is 4.79 Å². The summed E-state index contributed by atoms with van der Waals surface area (Å²) in [6.07, 6.45) is 2.55. The van der Waals surface area contributed by atoms with Gasteiger partial charge in [-0.05, 0) is 88.4 Å². The van der Waals surface area contributed by atoms with Crippen LogP contribution in [-0.4, -0.2) is 29.9 Å². The zero-order chi connectivity index (χ0) is 22.6. The van der Waals surface area contributed by atoms with E-state index in [9.17, 15) is 9.59 Å². The standard InChI is InChI=1S/C26H33NO4/c1-25(2)15-19(16-26(3,4)27-25)14-23(28)20-9-11-22(12-10-20)31-17-18-7-6-8-21(13-18)24(29)30-5/h6-13,19,27H,14-17H2,1-5H3. The third kappa shape index (κ3) is 6.41. The van der Waals surface area contributed by atoms with Gasteiger partial charge in [0.15, 0.2) is 5.78 Å². The lowest BCUT2D eigenvalue weighted by atomic mass is 9.74. The van der Waals surface area contributed by atoms with Gasteiger partial charge in [0.25, 0.3) is 0 Å². The molecule has 0 aromatic heterocycles. The molecule has 5 heteroatoms. The molecule has 0 atom stereocenters. The highest BCUT2D eigenvalue weighted by Gasteiger charge is 2.38. The maximum Gasteiger partial charge on any atom is 0.337 e. The molecule has 0 aliphatic carbocycles. The summed E-state index contributed by atoms with van der Waals surface area (Å²) in [6.45, 7) is 9.16. The fourth-order valence-electron chi connectivity index (χ4n) is 4.87. The minimum absolute atomic E-state index is 0.0373. The molecule has 0 saturated carbocycles. The molecular weight excluding hydrogens is 390 g/mol. The third-order valence-electron chi connectivity index (χ3n) is 5.68. The Morgan fingerprint density at radius 1 is 0.968 bits per heavy atom. The number of carbonyl (C=O) groups is 2. The largest absolute Gasteiger partial charge is 0.489 e. The number of rotatable bonds is 7. The number of benzene rings is 2. The number of hydrogen-bond acceptors (Lipinski definition) is 5. The first-order valence-corrected chi connectivity index (χ1v) is 10.8. The second-order valence-electron chi connectivity index (χ2n) is 9.80. The van der Waals surface area contributed by atoms with E-state index in [1.165, 1.54) is 7.11 Å². The van der Waals surface area contributed by atoms with Gasteiger partial charge in [0.2, 0.25) is 0 Å². The van der Waals surface area contributed by atoms with Crippen LogP contribution in [0.4, 0.5) is 0 Å². The molecule has 5 nitrogen and oxygen atoms in total. The fraction of sp³-hybridized carbons (Fsp3) is 0.462.